The Bertz CT molecular complexity index is 949. The summed E-state index contributed by atoms with van der Waals surface area (Å²) in [5.74, 6) is 0.867. The number of hydrogen-bond acceptors (Lipinski definition) is 2. The third kappa shape index (κ3) is 5.72. The van der Waals surface area contributed by atoms with Crippen molar-refractivity contribution in [3.8, 4) is 0 Å². The fourth-order valence-corrected chi connectivity index (χ4v) is 6.64. The van der Waals surface area contributed by atoms with Crippen LogP contribution < -0.4 is 5.32 Å². The number of allylic oxidation sites excluding steroid dienone is 1. The highest BCUT2D eigenvalue weighted by Crippen LogP contribution is 2.43. The Labute approximate surface area is 218 Å². The molecule has 198 valence electrons. The number of amides is 2. The van der Waals surface area contributed by atoms with E-state index in [-0.39, 0.29) is 29.2 Å². The lowest BCUT2D eigenvalue weighted by Crippen LogP contribution is -2.60. The van der Waals surface area contributed by atoms with E-state index in [1.165, 1.54) is 43.2 Å². The van der Waals surface area contributed by atoms with Gasteiger partial charge in [-0.3, -0.25) is 9.59 Å². The third-order valence-corrected chi connectivity index (χ3v) is 9.34. The van der Waals surface area contributed by atoms with Gasteiger partial charge >= 0.3 is 0 Å². The number of fused-ring (bicyclic) bond motifs is 2. The maximum atomic E-state index is 13.8. The Kier molecular flexibility index (Phi) is 8.28. The monoisotopic (exact) mass is 494 g/mol. The first-order valence-electron chi connectivity index (χ1n) is 14.3. The number of likely N-dealkylation sites (tertiary alicyclic amines) is 1. The molecule has 0 aromatic heterocycles. The second-order valence-electron chi connectivity index (χ2n) is 12.6. The molecular formula is C31H48N3O2+. The Morgan fingerprint density at radius 1 is 1.08 bits per heavy atom. The van der Waals surface area contributed by atoms with Crippen molar-refractivity contribution in [2.45, 2.75) is 89.1 Å². The van der Waals surface area contributed by atoms with Crippen molar-refractivity contribution in [2.75, 3.05) is 34.2 Å². The smallest absolute Gasteiger partial charge is 0.279 e. The highest BCUT2D eigenvalue weighted by atomic mass is 16.2. The number of carbonyl (C=O) groups is 2. The quantitative estimate of drug-likeness (QED) is 0.508. The van der Waals surface area contributed by atoms with Gasteiger partial charge < -0.3 is 14.7 Å². The summed E-state index contributed by atoms with van der Waals surface area (Å²) in [6.45, 7) is 5.69. The van der Waals surface area contributed by atoms with Gasteiger partial charge in [0.15, 0.2) is 6.04 Å². The third-order valence-electron chi connectivity index (χ3n) is 9.34. The number of likely N-dealkylation sites (N-methyl/N-ethyl adjacent to an activating group) is 1. The van der Waals surface area contributed by atoms with E-state index >= 15 is 0 Å². The molecule has 1 saturated carbocycles. The lowest BCUT2D eigenvalue weighted by Gasteiger charge is -2.41. The minimum atomic E-state index is -0.455. The number of quaternary nitrogens is 1. The molecular weight excluding hydrogens is 446 g/mol. The highest BCUT2D eigenvalue weighted by molar-refractivity contribution is 5.89. The molecule has 5 nitrogen and oxygen atoms in total. The van der Waals surface area contributed by atoms with Gasteiger partial charge in [-0.15, -0.1) is 0 Å². The van der Waals surface area contributed by atoms with Crippen molar-refractivity contribution >= 4 is 17.9 Å². The van der Waals surface area contributed by atoms with Crippen LogP contribution in [0.15, 0.2) is 30.3 Å². The average Bonchev–Trinajstić information content (AvgIpc) is 3.23. The number of rotatable bonds is 8. The van der Waals surface area contributed by atoms with Gasteiger partial charge in [0.2, 0.25) is 5.91 Å². The molecule has 1 heterocycles. The van der Waals surface area contributed by atoms with Gasteiger partial charge in [-0.1, -0.05) is 88.8 Å². The Hall–Kier alpha value is -2.14. The van der Waals surface area contributed by atoms with E-state index in [9.17, 15) is 9.59 Å². The molecule has 1 aromatic carbocycles. The molecule has 1 spiro atoms. The topological polar surface area (TPSA) is 49.4 Å². The zero-order chi connectivity index (χ0) is 25.9. The van der Waals surface area contributed by atoms with Crippen molar-refractivity contribution in [3.63, 3.8) is 0 Å². The molecule has 0 radical (unpaired) electrons. The van der Waals surface area contributed by atoms with Crippen LogP contribution in [0, 0.1) is 11.8 Å². The molecule has 4 rings (SSSR count). The predicted molar refractivity (Wildman–Crippen MR) is 147 cm³/mol. The number of nitrogens with one attached hydrogen (secondary N) is 1. The molecule has 36 heavy (non-hydrogen) atoms. The largest absolute Gasteiger partial charge is 0.341 e. The lowest BCUT2D eigenvalue weighted by atomic mass is 9.74. The minimum Gasteiger partial charge on any atom is -0.341 e. The van der Waals surface area contributed by atoms with Crippen molar-refractivity contribution in [1.29, 1.82) is 0 Å². The molecule has 1 N–H and O–H groups in total. The van der Waals surface area contributed by atoms with Gasteiger partial charge in [-0.05, 0) is 35.8 Å². The zero-order valence-corrected chi connectivity index (χ0v) is 23.3. The fourth-order valence-electron chi connectivity index (χ4n) is 6.64. The van der Waals surface area contributed by atoms with E-state index in [1.54, 1.807) is 0 Å². The molecule has 3 atom stereocenters. The second-order valence-corrected chi connectivity index (χ2v) is 12.6. The van der Waals surface area contributed by atoms with Crippen molar-refractivity contribution < 1.29 is 14.1 Å². The van der Waals surface area contributed by atoms with Crippen LogP contribution in [0.25, 0.3) is 6.08 Å². The van der Waals surface area contributed by atoms with Crippen LogP contribution in [-0.4, -0.2) is 67.5 Å². The standard InChI is InChI=1S/C31H47N3O2/c1-6-23(2)28(32-29(35)27(34(3,4)5)22-24-12-8-7-9-13-24)30(36)33-20-18-31(19-21-33)17-16-25-14-10-11-15-26(25)31/h10-11,14-17,23-24,27-28H,6-9,12-13,18-22H2,1-5H3/p+1/t23-,27-,28-/m0/s1. The second kappa shape index (κ2) is 11.1. The van der Waals surface area contributed by atoms with E-state index < -0.39 is 6.04 Å². The van der Waals surface area contributed by atoms with Crippen molar-refractivity contribution in [1.82, 2.24) is 10.2 Å². The summed E-state index contributed by atoms with van der Waals surface area (Å²) in [5.41, 5.74) is 2.76. The summed E-state index contributed by atoms with van der Waals surface area (Å²) in [7, 11) is 6.35. The normalized spacial score (nSPS) is 22.2. The van der Waals surface area contributed by atoms with Gasteiger partial charge in [0.05, 0.1) is 21.1 Å². The summed E-state index contributed by atoms with van der Waals surface area (Å²) >= 11 is 0. The molecule has 3 aliphatic rings. The number of benzene rings is 1. The maximum absolute atomic E-state index is 13.8. The highest BCUT2D eigenvalue weighted by Gasteiger charge is 2.42. The molecule has 2 amide bonds. The first-order chi connectivity index (χ1) is 17.1. The average molecular weight is 495 g/mol. The fraction of sp³-hybridized carbons (Fsp3) is 0.677. The van der Waals surface area contributed by atoms with Gasteiger partial charge in [0, 0.05) is 24.9 Å². The summed E-state index contributed by atoms with van der Waals surface area (Å²) < 4.78 is 0.599. The van der Waals surface area contributed by atoms with Crippen molar-refractivity contribution in [3.05, 3.63) is 41.5 Å². The maximum Gasteiger partial charge on any atom is 0.279 e. The SMILES string of the molecule is CC[C@H](C)[C@H](NC(=O)[C@H](CC1CCCCC1)[N+](C)(C)C)C(=O)N1CCC2(C=Cc3ccccc32)CC1. The number of nitrogens with zero attached hydrogens (tertiary/aromatic N) is 2. The lowest BCUT2D eigenvalue weighted by molar-refractivity contribution is -0.887. The first kappa shape index (κ1) is 26.9. The van der Waals surface area contributed by atoms with Crippen LogP contribution in [0.2, 0.25) is 0 Å². The molecule has 1 aromatic rings. The minimum absolute atomic E-state index is 0.0489. The van der Waals surface area contributed by atoms with Gasteiger partial charge in [-0.25, -0.2) is 0 Å². The van der Waals surface area contributed by atoms with Crippen LogP contribution in [0.4, 0.5) is 0 Å². The molecule has 2 aliphatic carbocycles. The van der Waals surface area contributed by atoms with E-state index in [0.29, 0.717) is 10.4 Å². The molecule has 5 heteroatoms. The summed E-state index contributed by atoms with van der Waals surface area (Å²) in [5, 5.41) is 3.28. The number of piperidine rings is 1. The zero-order valence-electron chi connectivity index (χ0n) is 23.3. The van der Waals surface area contributed by atoms with Crippen LogP contribution in [0.1, 0.15) is 82.8 Å². The Morgan fingerprint density at radius 3 is 2.39 bits per heavy atom. The van der Waals surface area contributed by atoms with E-state index in [1.807, 2.05) is 4.90 Å². The Balaban J connectivity index is 1.44. The van der Waals surface area contributed by atoms with Crippen LogP contribution in [0.5, 0.6) is 0 Å². The number of hydrogen-bond donors (Lipinski definition) is 1. The van der Waals surface area contributed by atoms with Gasteiger partial charge in [0.1, 0.15) is 6.04 Å². The van der Waals surface area contributed by atoms with Gasteiger partial charge in [-0.2, -0.15) is 0 Å². The number of carbonyl (C=O) groups excluding carboxylic acids is 2. The van der Waals surface area contributed by atoms with Crippen LogP contribution >= 0.6 is 0 Å². The summed E-state index contributed by atoms with van der Waals surface area (Å²) in [4.78, 5) is 29.6. The van der Waals surface area contributed by atoms with Crippen molar-refractivity contribution in [2.24, 2.45) is 11.8 Å². The first-order valence-corrected chi connectivity index (χ1v) is 14.3. The predicted octanol–water partition coefficient (Wildman–Crippen LogP) is 5.15. The molecule has 1 saturated heterocycles. The van der Waals surface area contributed by atoms with E-state index in [4.69, 9.17) is 0 Å². The van der Waals surface area contributed by atoms with E-state index in [0.717, 1.165) is 38.8 Å². The summed E-state index contributed by atoms with van der Waals surface area (Å²) in [6.07, 6.45) is 14.6. The Morgan fingerprint density at radius 2 is 1.75 bits per heavy atom. The molecule has 0 bridgehead atoms. The van der Waals surface area contributed by atoms with Crippen LogP contribution in [-0.2, 0) is 15.0 Å². The molecule has 1 aliphatic heterocycles. The van der Waals surface area contributed by atoms with E-state index in [2.05, 4.69) is 76.7 Å². The summed E-state index contributed by atoms with van der Waals surface area (Å²) in [6, 6.07) is 8.06. The molecule has 2 fully saturated rings. The van der Waals surface area contributed by atoms with Crippen LogP contribution in [0.3, 0.4) is 0 Å². The molecule has 0 unspecified atom stereocenters. The van der Waals surface area contributed by atoms with Gasteiger partial charge in [0.25, 0.3) is 5.91 Å².